The average molecular weight is 280 g/mol. The standard InChI is InChI=1S/C18H20N2O/c21-18(20-15-9-2-1-3-10-15)13-19-17-12-6-8-14-7-4-5-11-16(14)17/h1-5,7,9-11,17,19H,6,8,12-13H2,(H,20,21). The summed E-state index contributed by atoms with van der Waals surface area (Å²) >= 11 is 0. The van der Waals surface area contributed by atoms with Crippen LogP contribution >= 0.6 is 0 Å². The molecule has 1 aliphatic rings. The van der Waals surface area contributed by atoms with Crippen molar-refractivity contribution in [3.63, 3.8) is 0 Å². The molecule has 0 radical (unpaired) electrons. The molecule has 2 N–H and O–H groups in total. The van der Waals surface area contributed by atoms with E-state index in [0.29, 0.717) is 6.54 Å². The number of rotatable bonds is 4. The zero-order valence-corrected chi connectivity index (χ0v) is 12.0. The van der Waals surface area contributed by atoms with E-state index in [0.717, 1.165) is 18.5 Å². The highest BCUT2D eigenvalue weighted by atomic mass is 16.1. The third kappa shape index (κ3) is 3.50. The number of para-hydroxylation sites is 1. The molecule has 2 aromatic rings. The highest BCUT2D eigenvalue weighted by molar-refractivity contribution is 5.92. The molecule has 0 saturated carbocycles. The molecule has 0 heterocycles. The quantitative estimate of drug-likeness (QED) is 0.902. The smallest absolute Gasteiger partial charge is 0.238 e. The Hall–Kier alpha value is -2.13. The maximum atomic E-state index is 12.0. The third-order valence-corrected chi connectivity index (χ3v) is 3.94. The molecule has 1 aliphatic carbocycles. The topological polar surface area (TPSA) is 41.1 Å². The maximum Gasteiger partial charge on any atom is 0.238 e. The van der Waals surface area contributed by atoms with Crippen LogP contribution in [0, 0.1) is 0 Å². The number of nitrogens with one attached hydrogen (secondary N) is 2. The Labute approximate surface area is 125 Å². The molecule has 3 heteroatoms. The molecule has 21 heavy (non-hydrogen) atoms. The summed E-state index contributed by atoms with van der Waals surface area (Å²) in [6.07, 6.45) is 3.41. The van der Waals surface area contributed by atoms with E-state index in [1.807, 2.05) is 30.3 Å². The minimum absolute atomic E-state index is 0.00394. The van der Waals surface area contributed by atoms with Gasteiger partial charge in [0.1, 0.15) is 0 Å². The van der Waals surface area contributed by atoms with Gasteiger partial charge >= 0.3 is 0 Å². The molecule has 1 atom stereocenters. The lowest BCUT2D eigenvalue weighted by Crippen LogP contribution is -2.33. The normalized spacial score (nSPS) is 17.0. The molecule has 0 fully saturated rings. The first kappa shape index (κ1) is 13.8. The fraction of sp³-hybridized carbons (Fsp3) is 0.278. The highest BCUT2D eigenvalue weighted by Crippen LogP contribution is 2.29. The number of fused-ring (bicyclic) bond motifs is 1. The zero-order chi connectivity index (χ0) is 14.5. The summed E-state index contributed by atoms with van der Waals surface area (Å²) in [6.45, 7) is 0.341. The number of benzene rings is 2. The molecule has 3 nitrogen and oxygen atoms in total. The van der Waals surface area contributed by atoms with Crippen LogP contribution in [0.4, 0.5) is 5.69 Å². The molecule has 3 rings (SSSR count). The van der Waals surface area contributed by atoms with E-state index >= 15 is 0 Å². The van der Waals surface area contributed by atoms with Gasteiger partial charge in [0.25, 0.3) is 0 Å². The van der Waals surface area contributed by atoms with Crippen molar-refractivity contribution < 1.29 is 4.79 Å². The molecule has 0 saturated heterocycles. The van der Waals surface area contributed by atoms with Gasteiger partial charge in [0.2, 0.25) is 5.91 Å². The number of anilines is 1. The summed E-state index contributed by atoms with van der Waals surface area (Å²) in [5.74, 6) is 0.00394. The van der Waals surface area contributed by atoms with Gasteiger partial charge in [0.15, 0.2) is 0 Å². The molecular formula is C18H20N2O. The van der Waals surface area contributed by atoms with Gasteiger partial charge in [0, 0.05) is 11.7 Å². The summed E-state index contributed by atoms with van der Waals surface area (Å²) in [5.41, 5.74) is 3.59. The van der Waals surface area contributed by atoms with Gasteiger partial charge in [-0.2, -0.15) is 0 Å². The van der Waals surface area contributed by atoms with Crippen molar-refractivity contribution in [2.75, 3.05) is 11.9 Å². The number of hydrogen-bond donors (Lipinski definition) is 2. The SMILES string of the molecule is O=C(CNC1CCCc2ccccc21)Nc1ccccc1. The minimum atomic E-state index is 0.00394. The number of amides is 1. The van der Waals surface area contributed by atoms with Gasteiger partial charge in [-0.25, -0.2) is 0 Å². The predicted octanol–water partition coefficient (Wildman–Crippen LogP) is 3.29. The van der Waals surface area contributed by atoms with E-state index in [1.54, 1.807) is 0 Å². The Balaban J connectivity index is 1.57. The van der Waals surface area contributed by atoms with Gasteiger partial charge in [-0.1, -0.05) is 42.5 Å². The Bertz CT molecular complexity index is 610. The van der Waals surface area contributed by atoms with Crippen LogP contribution in [0.3, 0.4) is 0 Å². The Morgan fingerprint density at radius 1 is 1.05 bits per heavy atom. The van der Waals surface area contributed by atoms with Crippen molar-refractivity contribution in [2.45, 2.75) is 25.3 Å². The first-order valence-electron chi connectivity index (χ1n) is 7.49. The summed E-state index contributed by atoms with van der Waals surface area (Å²) < 4.78 is 0. The predicted molar refractivity (Wildman–Crippen MR) is 85.2 cm³/mol. The monoisotopic (exact) mass is 280 g/mol. The van der Waals surface area contributed by atoms with Crippen LogP contribution < -0.4 is 10.6 Å². The Kier molecular flexibility index (Phi) is 4.31. The van der Waals surface area contributed by atoms with Gasteiger partial charge in [-0.05, 0) is 42.5 Å². The summed E-state index contributed by atoms with van der Waals surface area (Å²) in [5, 5.41) is 6.29. The van der Waals surface area contributed by atoms with Gasteiger partial charge in [0.05, 0.1) is 6.54 Å². The summed E-state index contributed by atoms with van der Waals surface area (Å²) in [4.78, 5) is 12.0. The highest BCUT2D eigenvalue weighted by Gasteiger charge is 2.19. The lowest BCUT2D eigenvalue weighted by atomic mass is 9.88. The molecule has 0 spiro atoms. The summed E-state index contributed by atoms with van der Waals surface area (Å²) in [7, 11) is 0. The molecule has 0 aromatic heterocycles. The molecule has 1 unspecified atom stereocenters. The van der Waals surface area contributed by atoms with E-state index in [9.17, 15) is 4.79 Å². The molecule has 0 aliphatic heterocycles. The van der Waals surface area contributed by atoms with Crippen LogP contribution in [-0.2, 0) is 11.2 Å². The Morgan fingerprint density at radius 3 is 2.67 bits per heavy atom. The number of hydrogen-bond acceptors (Lipinski definition) is 2. The second kappa shape index (κ2) is 6.55. The van der Waals surface area contributed by atoms with Crippen LogP contribution in [0.15, 0.2) is 54.6 Å². The van der Waals surface area contributed by atoms with E-state index in [1.165, 1.54) is 17.5 Å². The lowest BCUT2D eigenvalue weighted by molar-refractivity contribution is -0.115. The second-order valence-corrected chi connectivity index (χ2v) is 5.44. The molecule has 2 aromatic carbocycles. The van der Waals surface area contributed by atoms with Crippen LogP contribution in [0.5, 0.6) is 0 Å². The third-order valence-electron chi connectivity index (χ3n) is 3.94. The van der Waals surface area contributed by atoms with E-state index in [-0.39, 0.29) is 11.9 Å². The maximum absolute atomic E-state index is 12.0. The van der Waals surface area contributed by atoms with Crippen molar-refractivity contribution in [3.05, 3.63) is 65.7 Å². The van der Waals surface area contributed by atoms with Crippen molar-refractivity contribution >= 4 is 11.6 Å². The van der Waals surface area contributed by atoms with Gasteiger partial charge in [-0.3, -0.25) is 4.79 Å². The van der Waals surface area contributed by atoms with Crippen molar-refractivity contribution in [2.24, 2.45) is 0 Å². The number of carbonyl (C=O) groups is 1. The first-order valence-corrected chi connectivity index (χ1v) is 7.49. The van der Waals surface area contributed by atoms with Crippen molar-refractivity contribution in [3.8, 4) is 0 Å². The Morgan fingerprint density at radius 2 is 1.81 bits per heavy atom. The van der Waals surface area contributed by atoms with Crippen LogP contribution in [-0.4, -0.2) is 12.5 Å². The molecule has 0 bridgehead atoms. The fourth-order valence-corrected chi connectivity index (χ4v) is 2.91. The van der Waals surface area contributed by atoms with Gasteiger partial charge < -0.3 is 10.6 Å². The van der Waals surface area contributed by atoms with E-state index in [4.69, 9.17) is 0 Å². The number of carbonyl (C=O) groups excluding carboxylic acids is 1. The van der Waals surface area contributed by atoms with Crippen LogP contribution in [0.2, 0.25) is 0 Å². The average Bonchev–Trinajstić information content (AvgIpc) is 2.54. The largest absolute Gasteiger partial charge is 0.325 e. The van der Waals surface area contributed by atoms with E-state index in [2.05, 4.69) is 34.9 Å². The molecule has 1 amide bonds. The minimum Gasteiger partial charge on any atom is -0.325 e. The zero-order valence-electron chi connectivity index (χ0n) is 12.0. The van der Waals surface area contributed by atoms with Crippen LogP contribution in [0.1, 0.15) is 30.0 Å². The van der Waals surface area contributed by atoms with Crippen molar-refractivity contribution in [1.29, 1.82) is 0 Å². The first-order chi connectivity index (χ1) is 10.3. The molecule has 108 valence electrons. The molecular weight excluding hydrogens is 260 g/mol. The number of aryl methyl sites for hydroxylation is 1. The van der Waals surface area contributed by atoms with E-state index < -0.39 is 0 Å². The summed E-state index contributed by atoms with van der Waals surface area (Å²) in [6, 6.07) is 18.4. The van der Waals surface area contributed by atoms with Crippen LogP contribution in [0.25, 0.3) is 0 Å². The van der Waals surface area contributed by atoms with Gasteiger partial charge in [-0.15, -0.1) is 0 Å². The second-order valence-electron chi connectivity index (χ2n) is 5.44. The lowest BCUT2D eigenvalue weighted by Gasteiger charge is -2.26. The fourth-order valence-electron chi connectivity index (χ4n) is 2.91. The van der Waals surface area contributed by atoms with Crippen molar-refractivity contribution in [1.82, 2.24) is 5.32 Å².